The van der Waals surface area contributed by atoms with Gasteiger partial charge >= 0.3 is 0 Å². The van der Waals surface area contributed by atoms with Gasteiger partial charge < -0.3 is 4.90 Å². The summed E-state index contributed by atoms with van der Waals surface area (Å²) in [7, 11) is 0. The van der Waals surface area contributed by atoms with Crippen LogP contribution in [0.4, 0.5) is 5.82 Å². The number of rotatable bonds is 4. The van der Waals surface area contributed by atoms with E-state index in [0.717, 1.165) is 34.2 Å². The van der Waals surface area contributed by atoms with Crippen LogP contribution in [0.1, 0.15) is 33.0 Å². The lowest BCUT2D eigenvalue weighted by atomic mass is 10.1. The number of anilines is 1. The molecule has 2 aromatic carbocycles. The Labute approximate surface area is 164 Å². The zero-order valence-electron chi connectivity index (χ0n) is 16.0. The minimum atomic E-state index is -0.0291. The van der Waals surface area contributed by atoms with Crippen molar-refractivity contribution in [1.82, 2.24) is 9.97 Å². The van der Waals surface area contributed by atoms with Crippen LogP contribution in [0.2, 0.25) is 0 Å². The highest BCUT2D eigenvalue weighted by molar-refractivity contribution is 6.05. The number of ketones is 1. The van der Waals surface area contributed by atoms with Crippen molar-refractivity contribution in [2.24, 2.45) is 0 Å². The molecule has 1 aliphatic rings. The average Bonchev–Trinajstić information content (AvgIpc) is 2.72. The molecule has 138 valence electrons. The molecule has 28 heavy (non-hydrogen) atoms. The smallest absolute Gasteiger partial charge is 0.187 e. The van der Waals surface area contributed by atoms with Crippen LogP contribution >= 0.6 is 0 Å². The van der Waals surface area contributed by atoms with Crippen LogP contribution in [0.15, 0.2) is 78.5 Å². The molecule has 0 amide bonds. The average molecular weight is 367 g/mol. The van der Waals surface area contributed by atoms with Crippen molar-refractivity contribution in [3.63, 3.8) is 0 Å². The van der Waals surface area contributed by atoms with E-state index in [-0.39, 0.29) is 5.78 Å². The predicted octanol–water partition coefficient (Wildman–Crippen LogP) is 4.89. The van der Waals surface area contributed by atoms with Gasteiger partial charge in [-0.1, -0.05) is 60.7 Å². The molecule has 4 heteroatoms. The number of aromatic nitrogens is 2. The molecular weight excluding hydrogens is 346 g/mol. The lowest BCUT2D eigenvalue weighted by Crippen LogP contribution is -2.26. The standard InChI is InChI=1S/C24H21N3O/c1-17-18(2)26-24-22(25-17)14-13-21(15-23(28)20-11-7-4-8-12-20)27(24)16-19-9-5-3-6-10-19/h3-15H,16H2,1-2H3/b21-15+. The first kappa shape index (κ1) is 17.9. The molecule has 1 aromatic heterocycles. The lowest BCUT2D eigenvalue weighted by molar-refractivity contribution is 0.104. The number of carbonyl (C=O) groups excluding carboxylic acids is 1. The molecule has 0 saturated carbocycles. The van der Waals surface area contributed by atoms with E-state index in [9.17, 15) is 4.79 Å². The predicted molar refractivity (Wildman–Crippen MR) is 112 cm³/mol. The molecule has 0 saturated heterocycles. The fourth-order valence-corrected chi connectivity index (χ4v) is 3.17. The molecule has 0 N–H and O–H groups in total. The first-order valence-corrected chi connectivity index (χ1v) is 9.27. The van der Waals surface area contributed by atoms with E-state index >= 15 is 0 Å². The lowest BCUT2D eigenvalue weighted by Gasteiger charge is -2.29. The highest BCUT2D eigenvalue weighted by Gasteiger charge is 2.22. The van der Waals surface area contributed by atoms with Gasteiger partial charge in [0.2, 0.25) is 0 Å². The highest BCUT2D eigenvalue weighted by atomic mass is 16.1. The van der Waals surface area contributed by atoms with Gasteiger partial charge in [0.25, 0.3) is 0 Å². The van der Waals surface area contributed by atoms with Crippen LogP contribution in [0, 0.1) is 13.8 Å². The summed E-state index contributed by atoms with van der Waals surface area (Å²) in [5, 5.41) is 0. The number of fused-ring (bicyclic) bond motifs is 1. The van der Waals surface area contributed by atoms with Crippen LogP contribution in [-0.4, -0.2) is 15.8 Å². The van der Waals surface area contributed by atoms with E-state index in [1.54, 1.807) is 6.08 Å². The molecule has 0 radical (unpaired) electrons. The SMILES string of the molecule is Cc1nc2c(nc1C)N(Cc1ccccc1)/C(=C/C(=O)c1ccccc1)C=C2. The second-order valence-electron chi connectivity index (χ2n) is 6.81. The molecule has 0 bridgehead atoms. The number of benzene rings is 2. The van der Waals surface area contributed by atoms with Gasteiger partial charge in [0.15, 0.2) is 11.6 Å². The Hall–Kier alpha value is -3.53. The maximum Gasteiger partial charge on any atom is 0.187 e. The van der Waals surface area contributed by atoms with Gasteiger partial charge in [-0.15, -0.1) is 0 Å². The van der Waals surface area contributed by atoms with Gasteiger partial charge in [-0.25, -0.2) is 9.97 Å². The monoisotopic (exact) mass is 367 g/mol. The second kappa shape index (κ2) is 7.61. The molecule has 0 fully saturated rings. The summed E-state index contributed by atoms with van der Waals surface area (Å²) in [4.78, 5) is 24.3. The van der Waals surface area contributed by atoms with Gasteiger partial charge in [0.1, 0.15) is 5.69 Å². The number of hydrogen-bond acceptors (Lipinski definition) is 4. The first-order valence-electron chi connectivity index (χ1n) is 9.27. The van der Waals surface area contributed by atoms with Crippen LogP contribution in [0.3, 0.4) is 0 Å². The Morgan fingerprint density at radius 1 is 0.893 bits per heavy atom. The van der Waals surface area contributed by atoms with Gasteiger partial charge in [-0.05, 0) is 31.6 Å². The Morgan fingerprint density at radius 3 is 2.25 bits per heavy atom. The summed E-state index contributed by atoms with van der Waals surface area (Å²) < 4.78 is 0. The Kier molecular flexibility index (Phi) is 4.85. The molecule has 3 aromatic rings. The summed E-state index contributed by atoms with van der Waals surface area (Å²) in [5.41, 5.74) is 5.24. The normalized spacial score (nSPS) is 14.2. The minimum Gasteiger partial charge on any atom is -0.320 e. The van der Waals surface area contributed by atoms with Crippen molar-refractivity contribution in [2.45, 2.75) is 20.4 Å². The van der Waals surface area contributed by atoms with Crippen LogP contribution in [-0.2, 0) is 6.54 Å². The van der Waals surface area contributed by atoms with E-state index in [2.05, 4.69) is 22.0 Å². The number of allylic oxidation sites excluding steroid dienone is 2. The zero-order valence-corrected chi connectivity index (χ0v) is 16.0. The third-order valence-corrected chi connectivity index (χ3v) is 4.81. The van der Waals surface area contributed by atoms with Gasteiger partial charge in [-0.3, -0.25) is 4.79 Å². The van der Waals surface area contributed by atoms with E-state index in [1.807, 2.05) is 74.5 Å². The first-order chi connectivity index (χ1) is 13.6. The number of aryl methyl sites for hydroxylation is 2. The third-order valence-electron chi connectivity index (χ3n) is 4.81. The third kappa shape index (κ3) is 3.62. The molecule has 0 spiro atoms. The summed E-state index contributed by atoms with van der Waals surface area (Å²) >= 11 is 0. The van der Waals surface area contributed by atoms with Crippen molar-refractivity contribution >= 4 is 17.7 Å². The largest absolute Gasteiger partial charge is 0.320 e. The summed E-state index contributed by atoms with van der Waals surface area (Å²) in [6.45, 7) is 4.53. The number of carbonyl (C=O) groups is 1. The number of hydrogen-bond donors (Lipinski definition) is 0. The van der Waals surface area contributed by atoms with E-state index < -0.39 is 0 Å². The van der Waals surface area contributed by atoms with E-state index in [4.69, 9.17) is 4.98 Å². The number of nitrogens with zero attached hydrogens (tertiary/aromatic N) is 3. The molecule has 2 heterocycles. The minimum absolute atomic E-state index is 0.0291. The Bertz CT molecular complexity index is 1070. The molecule has 0 aliphatic carbocycles. The second-order valence-corrected chi connectivity index (χ2v) is 6.81. The quantitative estimate of drug-likeness (QED) is 0.486. The molecule has 0 unspecified atom stereocenters. The van der Waals surface area contributed by atoms with E-state index in [0.29, 0.717) is 12.1 Å². The van der Waals surface area contributed by atoms with Crippen LogP contribution < -0.4 is 4.90 Å². The van der Waals surface area contributed by atoms with Gasteiger partial charge in [-0.2, -0.15) is 0 Å². The highest BCUT2D eigenvalue weighted by Crippen LogP contribution is 2.30. The fourth-order valence-electron chi connectivity index (χ4n) is 3.17. The Morgan fingerprint density at radius 2 is 1.54 bits per heavy atom. The maximum absolute atomic E-state index is 12.8. The van der Waals surface area contributed by atoms with E-state index in [1.165, 1.54) is 0 Å². The molecule has 0 atom stereocenters. The zero-order chi connectivity index (χ0) is 19.5. The summed E-state index contributed by atoms with van der Waals surface area (Å²) in [5.74, 6) is 0.750. The summed E-state index contributed by atoms with van der Waals surface area (Å²) in [6.07, 6.45) is 5.55. The van der Waals surface area contributed by atoms with Crippen molar-refractivity contribution in [2.75, 3.05) is 4.90 Å². The van der Waals surface area contributed by atoms with Crippen molar-refractivity contribution in [3.8, 4) is 0 Å². The van der Waals surface area contributed by atoms with Crippen LogP contribution in [0.5, 0.6) is 0 Å². The van der Waals surface area contributed by atoms with Crippen molar-refractivity contribution in [1.29, 1.82) is 0 Å². The topological polar surface area (TPSA) is 46.1 Å². The summed E-state index contributed by atoms with van der Waals surface area (Å²) in [6, 6.07) is 19.5. The molecular formula is C24H21N3O. The van der Waals surface area contributed by atoms with Crippen molar-refractivity contribution in [3.05, 3.63) is 107 Å². The fraction of sp³-hybridized carbons (Fsp3) is 0.125. The molecule has 4 nitrogen and oxygen atoms in total. The molecule has 1 aliphatic heterocycles. The van der Waals surface area contributed by atoms with Gasteiger partial charge in [0, 0.05) is 23.9 Å². The van der Waals surface area contributed by atoms with Crippen LogP contribution in [0.25, 0.3) is 6.08 Å². The Balaban J connectivity index is 1.77. The van der Waals surface area contributed by atoms with Gasteiger partial charge in [0.05, 0.1) is 11.4 Å². The van der Waals surface area contributed by atoms with Crippen molar-refractivity contribution < 1.29 is 4.79 Å². The maximum atomic E-state index is 12.8. The molecule has 4 rings (SSSR count).